The lowest BCUT2D eigenvalue weighted by atomic mass is 9.74. The Morgan fingerprint density at radius 3 is 1.19 bits per heavy atom. The Bertz CT molecular complexity index is 2840. The van der Waals surface area contributed by atoms with Crippen molar-refractivity contribution in [2.24, 2.45) is 0 Å². The summed E-state index contributed by atoms with van der Waals surface area (Å²) in [5.41, 5.74) is 19.5. The van der Waals surface area contributed by atoms with Gasteiger partial charge in [-0.05, 0) is 125 Å². The first-order valence-corrected chi connectivity index (χ1v) is 21.1. The summed E-state index contributed by atoms with van der Waals surface area (Å²) in [5, 5.41) is 0. The van der Waals surface area contributed by atoms with E-state index in [4.69, 9.17) is 9.97 Å². The highest BCUT2D eigenvalue weighted by molar-refractivity contribution is 5.95. The molecule has 2 aliphatic carbocycles. The molecule has 0 fully saturated rings. The van der Waals surface area contributed by atoms with Crippen LogP contribution < -0.4 is 0 Å². The SMILES string of the molecule is CCC1(CC)c2ccccc2-c2cc3nc(-c4cccc(-c5nc6cc7c(cc6n5-c5ccccc5)C(CC)(CC)c5ccccc5-7)c4)n(-c4ccccc4)c3cc21. The van der Waals surface area contributed by atoms with Crippen molar-refractivity contribution in [3.8, 4) is 56.4 Å². The average Bonchev–Trinajstić information content (AvgIpc) is 4.01. The summed E-state index contributed by atoms with van der Waals surface area (Å²) in [6.45, 7) is 9.35. The molecule has 0 saturated carbocycles. The van der Waals surface area contributed by atoms with Gasteiger partial charge in [0.2, 0.25) is 0 Å². The highest BCUT2D eigenvalue weighted by Crippen LogP contribution is 2.55. The van der Waals surface area contributed by atoms with Crippen molar-refractivity contribution >= 4 is 22.1 Å². The first kappa shape index (κ1) is 34.7. The number of imidazole rings is 2. The van der Waals surface area contributed by atoms with Gasteiger partial charge in [-0.1, -0.05) is 131 Å². The zero-order valence-corrected chi connectivity index (χ0v) is 33.6. The molecule has 0 atom stereocenters. The van der Waals surface area contributed by atoms with Crippen molar-refractivity contribution in [2.45, 2.75) is 64.2 Å². The molecule has 0 aliphatic heterocycles. The summed E-state index contributed by atoms with van der Waals surface area (Å²) in [7, 11) is 0. The monoisotopic (exact) mass is 750 g/mol. The lowest BCUT2D eigenvalue weighted by Gasteiger charge is -2.29. The van der Waals surface area contributed by atoms with Crippen LogP contribution in [-0.4, -0.2) is 19.1 Å². The van der Waals surface area contributed by atoms with Crippen LogP contribution >= 0.6 is 0 Å². The molecule has 282 valence electrons. The lowest BCUT2D eigenvalue weighted by Crippen LogP contribution is -2.23. The van der Waals surface area contributed by atoms with Crippen LogP contribution in [0.5, 0.6) is 0 Å². The third kappa shape index (κ3) is 4.69. The molecule has 0 spiro atoms. The summed E-state index contributed by atoms with van der Waals surface area (Å²) in [5.74, 6) is 1.85. The molecule has 0 N–H and O–H groups in total. The Hall–Kier alpha value is -6.52. The standard InChI is InChI=1S/C54H46N4/c1-5-53(6-2)43-28-17-15-26-39(43)41-31-47-49(33-45(41)53)57(37-22-11-9-12-23-37)51(55-47)35-20-19-21-36(30-35)52-56-48-32-42-40-27-16-18-29-44(40)54(7-3,8-4)46(42)34-50(48)58(52)38-24-13-10-14-25-38/h9-34H,5-8H2,1-4H3. The fourth-order valence-corrected chi connectivity index (χ4v) is 10.9. The maximum atomic E-state index is 5.50. The van der Waals surface area contributed by atoms with Crippen LogP contribution in [0.1, 0.15) is 75.6 Å². The van der Waals surface area contributed by atoms with Crippen LogP contribution in [0.2, 0.25) is 0 Å². The third-order valence-electron chi connectivity index (χ3n) is 13.9. The normalized spacial score (nSPS) is 14.4. The first-order chi connectivity index (χ1) is 28.5. The van der Waals surface area contributed by atoms with E-state index in [0.29, 0.717) is 0 Å². The van der Waals surface area contributed by atoms with Gasteiger partial charge in [0.1, 0.15) is 11.6 Å². The second-order valence-corrected chi connectivity index (χ2v) is 16.2. The minimum absolute atomic E-state index is 0.0291. The number of hydrogen-bond donors (Lipinski definition) is 0. The van der Waals surface area contributed by atoms with Gasteiger partial charge in [0, 0.05) is 33.3 Å². The maximum absolute atomic E-state index is 5.50. The second-order valence-electron chi connectivity index (χ2n) is 16.2. The van der Waals surface area contributed by atoms with Crippen molar-refractivity contribution in [1.82, 2.24) is 19.1 Å². The van der Waals surface area contributed by atoms with E-state index in [1.807, 2.05) is 0 Å². The molecular formula is C54H46N4. The van der Waals surface area contributed by atoms with E-state index in [1.165, 1.54) is 44.5 Å². The molecule has 9 aromatic rings. The molecule has 2 heterocycles. The number of para-hydroxylation sites is 2. The minimum Gasteiger partial charge on any atom is -0.292 e. The van der Waals surface area contributed by atoms with Gasteiger partial charge in [0.25, 0.3) is 0 Å². The van der Waals surface area contributed by atoms with Crippen molar-refractivity contribution < 1.29 is 0 Å². The molecule has 4 heteroatoms. The van der Waals surface area contributed by atoms with E-state index in [9.17, 15) is 0 Å². The smallest absolute Gasteiger partial charge is 0.145 e. The van der Waals surface area contributed by atoms with Crippen molar-refractivity contribution in [2.75, 3.05) is 0 Å². The summed E-state index contributed by atoms with van der Waals surface area (Å²) in [6, 6.07) is 57.9. The van der Waals surface area contributed by atoms with Gasteiger partial charge in [0.15, 0.2) is 0 Å². The highest BCUT2D eigenvalue weighted by atomic mass is 15.1. The Morgan fingerprint density at radius 2 is 0.776 bits per heavy atom. The van der Waals surface area contributed by atoms with E-state index in [2.05, 4.69) is 195 Å². The lowest BCUT2D eigenvalue weighted by molar-refractivity contribution is 0.491. The molecule has 4 nitrogen and oxygen atoms in total. The number of rotatable bonds is 8. The Balaban J connectivity index is 1.14. The molecule has 0 unspecified atom stereocenters. The number of benzene rings is 7. The summed E-state index contributed by atoms with van der Waals surface area (Å²) >= 11 is 0. The topological polar surface area (TPSA) is 35.6 Å². The van der Waals surface area contributed by atoms with Gasteiger partial charge in [-0.15, -0.1) is 0 Å². The zero-order chi connectivity index (χ0) is 39.2. The average molecular weight is 751 g/mol. The summed E-state index contributed by atoms with van der Waals surface area (Å²) in [6.07, 6.45) is 4.18. The van der Waals surface area contributed by atoms with Gasteiger partial charge in [0.05, 0.1) is 22.1 Å². The fraction of sp³-hybridized carbons (Fsp3) is 0.185. The minimum atomic E-state index is -0.0291. The summed E-state index contributed by atoms with van der Waals surface area (Å²) < 4.78 is 4.73. The van der Waals surface area contributed by atoms with Crippen molar-refractivity contribution in [3.63, 3.8) is 0 Å². The molecule has 0 bridgehead atoms. The molecule has 7 aromatic carbocycles. The van der Waals surface area contributed by atoms with Crippen LogP contribution in [0.3, 0.4) is 0 Å². The molecule has 0 radical (unpaired) electrons. The van der Waals surface area contributed by atoms with Gasteiger partial charge in [-0.3, -0.25) is 9.13 Å². The van der Waals surface area contributed by atoms with Gasteiger partial charge < -0.3 is 0 Å². The second kappa shape index (κ2) is 13.0. The Kier molecular flexibility index (Phi) is 7.78. The molecular weight excluding hydrogens is 705 g/mol. The van der Waals surface area contributed by atoms with Crippen molar-refractivity contribution in [3.05, 3.63) is 180 Å². The third-order valence-corrected chi connectivity index (χ3v) is 13.9. The Labute approximate surface area is 340 Å². The number of nitrogens with zero attached hydrogens (tertiary/aromatic N) is 4. The number of hydrogen-bond acceptors (Lipinski definition) is 2. The molecule has 58 heavy (non-hydrogen) atoms. The molecule has 0 saturated heterocycles. The van der Waals surface area contributed by atoms with Gasteiger partial charge >= 0.3 is 0 Å². The van der Waals surface area contributed by atoms with Crippen LogP contribution in [0.25, 0.3) is 78.5 Å². The van der Waals surface area contributed by atoms with Crippen LogP contribution in [0.4, 0.5) is 0 Å². The van der Waals surface area contributed by atoms with Crippen LogP contribution in [-0.2, 0) is 10.8 Å². The molecule has 2 aromatic heterocycles. The number of aromatic nitrogens is 4. The van der Waals surface area contributed by atoms with E-state index in [1.54, 1.807) is 0 Å². The largest absolute Gasteiger partial charge is 0.292 e. The van der Waals surface area contributed by atoms with E-state index < -0.39 is 0 Å². The quantitative estimate of drug-likeness (QED) is 0.155. The highest BCUT2D eigenvalue weighted by Gasteiger charge is 2.42. The van der Waals surface area contributed by atoms with E-state index in [0.717, 1.165) is 81.9 Å². The molecule has 0 amide bonds. The molecule has 2 aliphatic rings. The molecule has 11 rings (SSSR count). The number of fused-ring (bicyclic) bond motifs is 8. The first-order valence-electron chi connectivity index (χ1n) is 21.1. The fourth-order valence-electron chi connectivity index (χ4n) is 10.9. The summed E-state index contributed by atoms with van der Waals surface area (Å²) in [4.78, 5) is 11.0. The van der Waals surface area contributed by atoms with Crippen LogP contribution in [0, 0.1) is 0 Å². The van der Waals surface area contributed by atoms with E-state index >= 15 is 0 Å². The van der Waals surface area contributed by atoms with Gasteiger partial charge in [-0.2, -0.15) is 0 Å². The maximum Gasteiger partial charge on any atom is 0.145 e. The van der Waals surface area contributed by atoms with Crippen LogP contribution in [0.15, 0.2) is 158 Å². The predicted molar refractivity (Wildman–Crippen MR) is 240 cm³/mol. The van der Waals surface area contributed by atoms with E-state index in [-0.39, 0.29) is 10.8 Å². The predicted octanol–water partition coefficient (Wildman–Crippen LogP) is 13.9. The Morgan fingerprint density at radius 1 is 0.379 bits per heavy atom. The van der Waals surface area contributed by atoms with Gasteiger partial charge in [-0.25, -0.2) is 9.97 Å². The van der Waals surface area contributed by atoms with Crippen molar-refractivity contribution in [1.29, 1.82) is 0 Å². The zero-order valence-electron chi connectivity index (χ0n) is 33.6.